The van der Waals surface area contributed by atoms with Crippen LogP contribution >= 0.6 is 0 Å². The van der Waals surface area contributed by atoms with Gasteiger partial charge in [0.1, 0.15) is 18.8 Å². The van der Waals surface area contributed by atoms with Crippen LogP contribution in [0.1, 0.15) is 51.4 Å². The lowest BCUT2D eigenvalue weighted by atomic mass is 9.92. The van der Waals surface area contributed by atoms with Crippen molar-refractivity contribution < 1.29 is 42.2 Å². The van der Waals surface area contributed by atoms with Gasteiger partial charge in [-0.05, 0) is 49.9 Å². The number of halogens is 3. The third-order valence-electron chi connectivity index (χ3n) is 7.75. The minimum Gasteiger partial charge on any atom is -0.383 e. The number of aliphatic hydroxyl groups excluding tert-OH is 1. The van der Waals surface area contributed by atoms with Gasteiger partial charge in [0, 0.05) is 19.0 Å². The van der Waals surface area contributed by atoms with E-state index in [4.69, 9.17) is 0 Å². The number of Topliss-reactive ketones (excluding diaryl/α,β-unsaturated/α-hetero) is 1. The molecule has 35 heavy (non-hydrogen) atoms. The highest BCUT2D eigenvalue weighted by Crippen LogP contribution is 2.43. The van der Waals surface area contributed by atoms with E-state index in [9.17, 15) is 37.5 Å². The molecule has 2 aliphatic heterocycles. The van der Waals surface area contributed by atoms with Crippen LogP contribution in [-0.2, 0) is 23.9 Å². The number of carbonyl (C=O) groups excluding carboxylic acids is 4. The number of hydrogen-bond donors (Lipinski definition) is 3. The average Bonchev–Trinajstić information content (AvgIpc) is 3.16. The minimum atomic E-state index is -5.02. The molecule has 2 saturated carbocycles. The molecule has 3 N–H and O–H groups in total. The monoisotopic (exact) mass is 503 g/mol. The van der Waals surface area contributed by atoms with Gasteiger partial charge in [0.05, 0.1) is 6.04 Å². The van der Waals surface area contributed by atoms with Crippen molar-refractivity contribution in [3.8, 4) is 0 Å². The highest BCUT2D eigenvalue weighted by Gasteiger charge is 2.51. The van der Waals surface area contributed by atoms with Crippen molar-refractivity contribution in [3.05, 3.63) is 0 Å². The van der Waals surface area contributed by atoms with E-state index in [0.29, 0.717) is 38.3 Å². The Morgan fingerprint density at radius 2 is 1.89 bits per heavy atom. The van der Waals surface area contributed by atoms with Gasteiger partial charge in [-0.1, -0.05) is 19.3 Å². The lowest BCUT2D eigenvalue weighted by Gasteiger charge is -2.30. The minimum absolute atomic E-state index is 0.0890. The predicted molar refractivity (Wildman–Crippen MR) is 114 cm³/mol. The summed E-state index contributed by atoms with van der Waals surface area (Å²) >= 11 is 0. The van der Waals surface area contributed by atoms with Gasteiger partial charge in [-0.25, -0.2) is 0 Å². The number of hydrogen-bond acceptors (Lipinski definition) is 6. The summed E-state index contributed by atoms with van der Waals surface area (Å²) in [6.45, 7) is -0.586. The van der Waals surface area contributed by atoms with E-state index < -0.39 is 54.7 Å². The molecule has 0 spiro atoms. The second-order valence-electron chi connectivity index (χ2n) is 10.3. The molecule has 5 unspecified atom stereocenters. The molecule has 2 heterocycles. The number of rotatable bonds is 10. The maximum atomic E-state index is 13.4. The summed E-state index contributed by atoms with van der Waals surface area (Å²) in [5.41, 5.74) is 0. The van der Waals surface area contributed by atoms with Gasteiger partial charge in [-0.15, -0.1) is 13.2 Å². The highest BCUT2D eigenvalue weighted by atomic mass is 19.4. The number of fused-ring (bicyclic) bond motifs is 1. The van der Waals surface area contributed by atoms with Gasteiger partial charge in [0.15, 0.2) is 5.78 Å². The fraction of sp³-hybridized carbons (Fsp3) is 0.826. The Morgan fingerprint density at radius 3 is 2.51 bits per heavy atom. The van der Waals surface area contributed by atoms with Crippen LogP contribution in [0.15, 0.2) is 0 Å². The number of ketones is 1. The second kappa shape index (κ2) is 10.4. The summed E-state index contributed by atoms with van der Waals surface area (Å²) in [5.74, 6) is -2.88. The molecule has 9 nitrogen and oxygen atoms in total. The molecule has 196 valence electrons. The van der Waals surface area contributed by atoms with E-state index in [-0.39, 0.29) is 24.2 Å². The van der Waals surface area contributed by atoms with E-state index in [0.717, 1.165) is 25.7 Å². The summed E-state index contributed by atoms with van der Waals surface area (Å²) in [6, 6.07) is -2.28. The number of aliphatic hydroxyl groups is 1. The van der Waals surface area contributed by atoms with Crippen LogP contribution in [0.25, 0.3) is 0 Å². The first-order chi connectivity index (χ1) is 16.5. The van der Waals surface area contributed by atoms with Crippen molar-refractivity contribution in [2.24, 2.45) is 23.7 Å². The Kier molecular flexibility index (Phi) is 7.70. The van der Waals surface area contributed by atoms with Crippen LogP contribution in [0.3, 0.4) is 0 Å². The fourth-order valence-electron chi connectivity index (χ4n) is 5.77. The summed E-state index contributed by atoms with van der Waals surface area (Å²) < 4.78 is 41.2. The lowest BCUT2D eigenvalue weighted by molar-refractivity contribution is -0.321. The fourth-order valence-corrected chi connectivity index (χ4v) is 5.77. The molecule has 0 aromatic carbocycles. The zero-order valence-corrected chi connectivity index (χ0v) is 19.4. The zero-order chi connectivity index (χ0) is 25.3. The van der Waals surface area contributed by atoms with E-state index in [1.165, 1.54) is 4.90 Å². The number of ether oxygens (including phenoxy) is 1. The number of nitrogens with one attached hydrogen (secondary N) is 2. The van der Waals surface area contributed by atoms with Crippen molar-refractivity contribution in [3.63, 3.8) is 0 Å². The molecule has 4 rings (SSSR count). The SMILES string of the molecule is O=C1NCCC1CC(NC(=O)C1C2CCCC2CN1C(=O)[C@H](O)CC1CC1)C(=O)COC(F)(F)F. The van der Waals surface area contributed by atoms with Crippen molar-refractivity contribution in [2.45, 2.75) is 75.9 Å². The Balaban J connectivity index is 1.48. The maximum Gasteiger partial charge on any atom is 0.522 e. The number of nitrogens with zero attached hydrogens (tertiary/aromatic N) is 1. The summed E-state index contributed by atoms with van der Waals surface area (Å²) in [4.78, 5) is 52.5. The first-order valence-corrected chi connectivity index (χ1v) is 12.3. The molecule has 4 fully saturated rings. The standard InChI is InChI=1S/C23H32F3N3O6/c24-23(25,26)35-11-18(31)16(9-13-6-7-27-20(13)32)28-21(33)19-15-3-1-2-14(15)10-29(19)22(34)17(30)8-12-4-5-12/h12-17,19,30H,1-11H2,(H,27,32)(H,28,33)/t13?,14?,15?,16?,17-,19?/m1/s1. The topological polar surface area (TPSA) is 125 Å². The number of likely N-dealkylation sites (tertiary alicyclic amines) is 1. The molecule has 0 aromatic rings. The smallest absolute Gasteiger partial charge is 0.383 e. The second-order valence-corrected chi connectivity index (χ2v) is 10.3. The lowest BCUT2D eigenvalue weighted by Crippen LogP contribution is -2.55. The van der Waals surface area contributed by atoms with Crippen molar-refractivity contribution in [1.29, 1.82) is 0 Å². The van der Waals surface area contributed by atoms with E-state index >= 15 is 0 Å². The van der Waals surface area contributed by atoms with Crippen molar-refractivity contribution >= 4 is 23.5 Å². The zero-order valence-electron chi connectivity index (χ0n) is 19.4. The molecule has 0 radical (unpaired) electrons. The Bertz CT molecular complexity index is 849. The van der Waals surface area contributed by atoms with Crippen LogP contribution in [0, 0.1) is 23.7 Å². The third kappa shape index (κ3) is 6.32. The van der Waals surface area contributed by atoms with Gasteiger partial charge in [-0.2, -0.15) is 0 Å². The van der Waals surface area contributed by atoms with Gasteiger partial charge < -0.3 is 20.6 Å². The van der Waals surface area contributed by atoms with Gasteiger partial charge in [-0.3, -0.25) is 23.9 Å². The first-order valence-electron chi connectivity index (χ1n) is 12.3. The molecule has 2 saturated heterocycles. The number of alkyl halides is 3. The predicted octanol–water partition coefficient (Wildman–Crippen LogP) is 0.891. The summed E-state index contributed by atoms with van der Waals surface area (Å²) in [7, 11) is 0. The van der Waals surface area contributed by atoms with Gasteiger partial charge >= 0.3 is 6.36 Å². The molecule has 0 bridgehead atoms. The molecule has 0 aromatic heterocycles. The quantitative estimate of drug-likeness (QED) is 0.407. The van der Waals surface area contributed by atoms with Gasteiger partial charge in [0.25, 0.3) is 5.91 Å². The Labute approximate surface area is 201 Å². The van der Waals surface area contributed by atoms with E-state index in [1.54, 1.807) is 0 Å². The normalized spacial score (nSPS) is 30.1. The molecule has 4 aliphatic rings. The highest BCUT2D eigenvalue weighted by molar-refractivity contribution is 5.95. The molecule has 3 amide bonds. The van der Waals surface area contributed by atoms with Gasteiger partial charge in [0.2, 0.25) is 11.8 Å². The molecule has 12 heteroatoms. The molecule has 2 aliphatic carbocycles. The Hall–Kier alpha value is -2.21. The first kappa shape index (κ1) is 25.9. The Morgan fingerprint density at radius 1 is 1.14 bits per heavy atom. The van der Waals surface area contributed by atoms with Crippen LogP contribution in [0.4, 0.5) is 13.2 Å². The summed E-state index contributed by atoms with van der Waals surface area (Å²) in [6.07, 6.45) is -1.32. The molecule has 6 atom stereocenters. The van der Waals surface area contributed by atoms with E-state index in [1.807, 2.05) is 0 Å². The van der Waals surface area contributed by atoms with E-state index in [2.05, 4.69) is 15.4 Å². The van der Waals surface area contributed by atoms with Crippen LogP contribution in [-0.4, -0.2) is 77.8 Å². The summed E-state index contributed by atoms with van der Waals surface area (Å²) in [5, 5.41) is 15.6. The molecular weight excluding hydrogens is 471 g/mol. The van der Waals surface area contributed by atoms with Crippen molar-refractivity contribution in [2.75, 3.05) is 19.7 Å². The number of amides is 3. The third-order valence-corrected chi connectivity index (χ3v) is 7.75. The van der Waals surface area contributed by atoms with Crippen molar-refractivity contribution in [1.82, 2.24) is 15.5 Å². The average molecular weight is 504 g/mol. The van der Waals surface area contributed by atoms with Crippen LogP contribution in [0.5, 0.6) is 0 Å². The van der Waals surface area contributed by atoms with Crippen LogP contribution in [0.2, 0.25) is 0 Å². The maximum absolute atomic E-state index is 13.4. The molecular formula is C23H32F3N3O6. The van der Waals surface area contributed by atoms with Crippen LogP contribution < -0.4 is 10.6 Å². The number of carbonyl (C=O) groups is 4. The largest absolute Gasteiger partial charge is 0.522 e.